The summed E-state index contributed by atoms with van der Waals surface area (Å²) in [6, 6.07) is 0. The highest BCUT2D eigenvalue weighted by Gasteiger charge is 2.28. The van der Waals surface area contributed by atoms with E-state index in [-0.39, 0.29) is 11.3 Å². The molecule has 0 spiro atoms. The quantitative estimate of drug-likeness (QED) is 0.776. The van der Waals surface area contributed by atoms with Crippen LogP contribution in [0.3, 0.4) is 0 Å². The highest BCUT2D eigenvalue weighted by atomic mass is 32.2. The fraction of sp³-hybridized carbons (Fsp3) is 0.588. The average Bonchev–Trinajstić information content (AvgIpc) is 2.83. The van der Waals surface area contributed by atoms with Crippen molar-refractivity contribution in [1.82, 2.24) is 10.2 Å². The number of terminal acetylenes is 1. The first-order chi connectivity index (χ1) is 11.3. The van der Waals surface area contributed by atoms with Crippen molar-refractivity contribution in [3.8, 4) is 12.3 Å². The lowest BCUT2D eigenvalue weighted by Crippen LogP contribution is -2.41. The Morgan fingerprint density at radius 1 is 1.50 bits per heavy atom. The standard InChI is InChI=1S/C17H23N3O3S/c1-5-8-18-14-13(24-15(21)19-14)11-12-6-9-20(10-7-12)16(22)23-17(2,3)4/h1,11-12H,6-10H2,2-4H3,(H,18,19,21). The van der Waals surface area contributed by atoms with E-state index in [9.17, 15) is 9.59 Å². The largest absolute Gasteiger partial charge is 0.444 e. The maximum absolute atomic E-state index is 12.1. The van der Waals surface area contributed by atoms with Crippen LogP contribution in [0.15, 0.2) is 16.0 Å². The number of piperidine rings is 1. The number of carbonyl (C=O) groups excluding carboxylic acids is 2. The van der Waals surface area contributed by atoms with Crippen molar-refractivity contribution in [2.45, 2.75) is 39.2 Å². The smallest absolute Gasteiger partial charge is 0.410 e. The van der Waals surface area contributed by atoms with Crippen molar-refractivity contribution >= 4 is 28.9 Å². The van der Waals surface area contributed by atoms with Crippen LogP contribution in [0.5, 0.6) is 0 Å². The van der Waals surface area contributed by atoms with E-state index in [1.165, 1.54) is 0 Å². The zero-order valence-corrected chi connectivity index (χ0v) is 15.1. The predicted molar refractivity (Wildman–Crippen MR) is 95.9 cm³/mol. The summed E-state index contributed by atoms with van der Waals surface area (Å²) in [5.41, 5.74) is -0.481. The molecule has 0 saturated carbocycles. The van der Waals surface area contributed by atoms with Gasteiger partial charge in [0.15, 0.2) is 0 Å². The number of hydrogen-bond donors (Lipinski definition) is 1. The molecule has 2 rings (SSSR count). The minimum atomic E-state index is -0.481. The van der Waals surface area contributed by atoms with Crippen molar-refractivity contribution in [3.05, 3.63) is 11.0 Å². The summed E-state index contributed by atoms with van der Waals surface area (Å²) in [7, 11) is 0. The van der Waals surface area contributed by atoms with Gasteiger partial charge in [0.1, 0.15) is 11.4 Å². The number of rotatable bonds is 2. The number of likely N-dealkylation sites (tertiary alicyclic amines) is 1. The number of hydrogen-bond acceptors (Lipinski definition) is 5. The molecule has 0 radical (unpaired) electrons. The van der Waals surface area contributed by atoms with Crippen LogP contribution >= 0.6 is 11.8 Å². The van der Waals surface area contributed by atoms with Crippen LogP contribution in [0.4, 0.5) is 9.59 Å². The third-order valence-corrected chi connectivity index (χ3v) is 4.39. The number of thioether (sulfide) groups is 1. The van der Waals surface area contributed by atoms with Gasteiger partial charge in [-0.05, 0) is 51.3 Å². The van der Waals surface area contributed by atoms with Gasteiger partial charge in [-0.1, -0.05) is 12.0 Å². The molecule has 24 heavy (non-hydrogen) atoms. The van der Waals surface area contributed by atoms with Gasteiger partial charge >= 0.3 is 11.3 Å². The number of amides is 2. The summed E-state index contributed by atoms with van der Waals surface area (Å²) in [4.78, 5) is 30.1. The van der Waals surface area contributed by atoms with Gasteiger partial charge in [-0.25, -0.2) is 4.79 Å². The van der Waals surface area contributed by atoms with Crippen LogP contribution in [-0.2, 0) is 4.74 Å². The van der Waals surface area contributed by atoms with Crippen molar-refractivity contribution < 1.29 is 14.3 Å². The second-order valence-electron chi connectivity index (χ2n) is 6.72. The summed E-state index contributed by atoms with van der Waals surface area (Å²) in [6.45, 7) is 7.21. The summed E-state index contributed by atoms with van der Waals surface area (Å²) < 4.78 is 5.40. The van der Waals surface area contributed by atoms with Gasteiger partial charge < -0.3 is 15.0 Å². The summed E-state index contributed by atoms with van der Waals surface area (Å²) in [6.07, 6.45) is 8.69. The second kappa shape index (κ2) is 7.75. The van der Waals surface area contributed by atoms with E-state index in [2.05, 4.69) is 22.3 Å². The molecule has 1 N–H and O–H groups in total. The van der Waals surface area contributed by atoms with Crippen molar-refractivity contribution in [2.24, 2.45) is 10.9 Å². The highest BCUT2D eigenvalue weighted by Crippen LogP contribution is 2.30. The SMILES string of the molecule is C#CCNC1=NC(=O)SC1=CC1CCN(C(=O)OC(C)(C)C)CC1. The molecule has 6 nitrogen and oxygen atoms in total. The number of nitrogens with one attached hydrogen (secondary N) is 1. The van der Waals surface area contributed by atoms with Crippen molar-refractivity contribution in [1.29, 1.82) is 0 Å². The van der Waals surface area contributed by atoms with Crippen LogP contribution in [0.2, 0.25) is 0 Å². The van der Waals surface area contributed by atoms with Gasteiger partial charge in [0, 0.05) is 13.1 Å². The zero-order valence-electron chi connectivity index (χ0n) is 14.3. The Balaban J connectivity index is 1.90. The van der Waals surface area contributed by atoms with E-state index < -0.39 is 5.60 Å². The Morgan fingerprint density at radius 3 is 2.75 bits per heavy atom. The Labute approximate surface area is 147 Å². The van der Waals surface area contributed by atoms with Crippen LogP contribution in [0.25, 0.3) is 0 Å². The minimum Gasteiger partial charge on any atom is -0.444 e. The molecule has 2 aliphatic heterocycles. The molecular formula is C17H23N3O3S. The van der Waals surface area contributed by atoms with Crippen LogP contribution in [-0.4, -0.2) is 47.3 Å². The minimum absolute atomic E-state index is 0.230. The van der Waals surface area contributed by atoms with Gasteiger partial charge in [0.25, 0.3) is 0 Å². The molecule has 2 aliphatic rings. The van der Waals surface area contributed by atoms with E-state index in [1.807, 2.05) is 20.8 Å². The van der Waals surface area contributed by atoms with Gasteiger partial charge in [-0.2, -0.15) is 4.99 Å². The lowest BCUT2D eigenvalue weighted by Gasteiger charge is -2.32. The molecule has 0 bridgehead atoms. The molecule has 1 fully saturated rings. The van der Waals surface area contributed by atoms with Crippen LogP contribution in [0.1, 0.15) is 33.6 Å². The third kappa shape index (κ3) is 5.31. The average molecular weight is 349 g/mol. The Bertz CT molecular complexity index is 606. The molecule has 0 aliphatic carbocycles. The first-order valence-electron chi connectivity index (χ1n) is 7.96. The number of aliphatic imine (C=N–C) groups is 1. The normalized spacial score (nSPS) is 20.8. The van der Waals surface area contributed by atoms with E-state index >= 15 is 0 Å². The Hall–Kier alpha value is -1.94. The number of ether oxygens (including phenoxy) is 1. The Morgan fingerprint density at radius 2 is 2.17 bits per heavy atom. The molecule has 0 unspecified atom stereocenters. The van der Waals surface area contributed by atoms with Crippen molar-refractivity contribution in [2.75, 3.05) is 19.6 Å². The van der Waals surface area contributed by atoms with E-state index in [1.54, 1.807) is 4.90 Å². The molecule has 0 atom stereocenters. The maximum atomic E-state index is 12.1. The lowest BCUT2D eigenvalue weighted by atomic mass is 9.96. The molecule has 0 aromatic rings. The van der Waals surface area contributed by atoms with Gasteiger partial charge in [-0.15, -0.1) is 6.42 Å². The second-order valence-corrected chi connectivity index (χ2v) is 7.71. The summed E-state index contributed by atoms with van der Waals surface area (Å²) in [5, 5.41) is 2.74. The lowest BCUT2D eigenvalue weighted by molar-refractivity contribution is 0.0197. The van der Waals surface area contributed by atoms with Crippen LogP contribution < -0.4 is 5.32 Å². The molecule has 7 heteroatoms. The van der Waals surface area contributed by atoms with E-state index in [4.69, 9.17) is 11.2 Å². The zero-order chi connectivity index (χ0) is 17.7. The first kappa shape index (κ1) is 18.4. The van der Waals surface area contributed by atoms with Gasteiger partial charge in [-0.3, -0.25) is 4.79 Å². The fourth-order valence-electron chi connectivity index (χ4n) is 2.48. The van der Waals surface area contributed by atoms with E-state index in [0.717, 1.165) is 29.5 Å². The monoisotopic (exact) mass is 349 g/mol. The molecular weight excluding hydrogens is 326 g/mol. The highest BCUT2D eigenvalue weighted by molar-refractivity contribution is 8.18. The molecule has 0 aromatic heterocycles. The van der Waals surface area contributed by atoms with Crippen molar-refractivity contribution in [3.63, 3.8) is 0 Å². The first-order valence-corrected chi connectivity index (χ1v) is 8.78. The van der Waals surface area contributed by atoms with Crippen LogP contribution in [0, 0.1) is 18.3 Å². The van der Waals surface area contributed by atoms with E-state index in [0.29, 0.717) is 31.4 Å². The predicted octanol–water partition coefficient (Wildman–Crippen LogP) is 3.01. The number of carbonyl (C=O) groups is 2. The molecule has 2 amide bonds. The summed E-state index contributed by atoms with van der Waals surface area (Å²) in [5.74, 6) is 3.33. The number of nitrogens with zero attached hydrogens (tertiary/aromatic N) is 2. The molecule has 0 aromatic carbocycles. The summed E-state index contributed by atoms with van der Waals surface area (Å²) >= 11 is 1.11. The molecule has 1 saturated heterocycles. The third-order valence-electron chi connectivity index (χ3n) is 3.57. The number of allylic oxidation sites excluding steroid dienone is 1. The molecule has 2 heterocycles. The Kier molecular flexibility index (Phi) is 5.94. The maximum Gasteiger partial charge on any atom is 0.410 e. The van der Waals surface area contributed by atoms with Gasteiger partial charge in [0.05, 0.1) is 11.4 Å². The number of amidine groups is 1. The topological polar surface area (TPSA) is 71.0 Å². The fourth-order valence-corrected chi connectivity index (χ4v) is 3.28. The van der Waals surface area contributed by atoms with Gasteiger partial charge in [0.2, 0.25) is 0 Å². The molecule has 130 valence electrons.